The van der Waals surface area contributed by atoms with Gasteiger partial charge < -0.3 is 15.3 Å². The maximum atomic E-state index is 12.0. The molecular formula is C22H29N3O2. The number of aromatic hydroxyl groups is 1. The minimum Gasteiger partial charge on any atom is -0.507 e. The third-order valence-corrected chi connectivity index (χ3v) is 5.05. The van der Waals surface area contributed by atoms with Gasteiger partial charge in [0.05, 0.1) is 5.56 Å². The Hall–Kier alpha value is -2.37. The van der Waals surface area contributed by atoms with Crippen molar-refractivity contribution in [1.29, 1.82) is 0 Å². The SMILES string of the molecule is O=C(NCCCCN1CCN(Cc2ccccc2)CC1)c1ccccc1O. The molecule has 5 nitrogen and oxygen atoms in total. The zero-order valence-electron chi connectivity index (χ0n) is 15.8. The topological polar surface area (TPSA) is 55.8 Å². The van der Waals surface area contributed by atoms with E-state index in [0.29, 0.717) is 12.1 Å². The van der Waals surface area contributed by atoms with Crippen LogP contribution in [0.15, 0.2) is 54.6 Å². The summed E-state index contributed by atoms with van der Waals surface area (Å²) in [7, 11) is 0. The minimum atomic E-state index is -0.206. The summed E-state index contributed by atoms with van der Waals surface area (Å²) in [6.07, 6.45) is 2.02. The van der Waals surface area contributed by atoms with Gasteiger partial charge in [0.15, 0.2) is 0 Å². The van der Waals surface area contributed by atoms with E-state index in [-0.39, 0.29) is 11.7 Å². The van der Waals surface area contributed by atoms with Crippen LogP contribution in [0.4, 0.5) is 0 Å². The third kappa shape index (κ3) is 6.08. The fourth-order valence-corrected chi connectivity index (χ4v) is 3.44. The Morgan fingerprint density at radius 1 is 0.889 bits per heavy atom. The Kier molecular flexibility index (Phi) is 7.25. The van der Waals surface area contributed by atoms with E-state index < -0.39 is 0 Å². The van der Waals surface area contributed by atoms with Crippen LogP contribution in [0.1, 0.15) is 28.8 Å². The molecule has 2 N–H and O–H groups in total. The lowest BCUT2D eigenvalue weighted by Crippen LogP contribution is -2.46. The van der Waals surface area contributed by atoms with Crippen molar-refractivity contribution in [1.82, 2.24) is 15.1 Å². The average molecular weight is 367 g/mol. The number of nitrogens with zero attached hydrogens (tertiary/aromatic N) is 2. The van der Waals surface area contributed by atoms with Crippen molar-refractivity contribution in [3.05, 3.63) is 65.7 Å². The van der Waals surface area contributed by atoms with Gasteiger partial charge in [-0.05, 0) is 37.1 Å². The van der Waals surface area contributed by atoms with Gasteiger partial charge in [0, 0.05) is 39.3 Å². The number of nitrogens with one attached hydrogen (secondary N) is 1. The Morgan fingerprint density at radius 2 is 1.56 bits per heavy atom. The summed E-state index contributed by atoms with van der Waals surface area (Å²) in [4.78, 5) is 17.0. The predicted molar refractivity (Wildman–Crippen MR) is 108 cm³/mol. The van der Waals surface area contributed by atoms with E-state index in [0.717, 1.165) is 52.1 Å². The van der Waals surface area contributed by atoms with Crippen molar-refractivity contribution in [3.8, 4) is 5.75 Å². The van der Waals surface area contributed by atoms with Crippen LogP contribution in [0.2, 0.25) is 0 Å². The van der Waals surface area contributed by atoms with Crippen LogP contribution in [0.5, 0.6) is 5.75 Å². The number of rotatable bonds is 8. The molecule has 1 aliphatic heterocycles. The highest BCUT2D eigenvalue weighted by atomic mass is 16.3. The van der Waals surface area contributed by atoms with E-state index >= 15 is 0 Å². The molecule has 0 atom stereocenters. The fourth-order valence-electron chi connectivity index (χ4n) is 3.44. The first-order valence-electron chi connectivity index (χ1n) is 9.77. The molecule has 0 aliphatic carbocycles. The van der Waals surface area contributed by atoms with Gasteiger partial charge >= 0.3 is 0 Å². The van der Waals surface area contributed by atoms with Crippen molar-refractivity contribution in [2.45, 2.75) is 19.4 Å². The van der Waals surface area contributed by atoms with Gasteiger partial charge in [-0.25, -0.2) is 0 Å². The molecule has 2 aromatic rings. The van der Waals surface area contributed by atoms with E-state index in [1.165, 1.54) is 11.6 Å². The molecule has 0 unspecified atom stereocenters. The highest BCUT2D eigenvalue weighted by Crippen LogP contribution is 2.15. The summed E-state index contributed by atoms with van der Waals surface area (Å²) in [5.74, 6) is -0.175. The van der Waals surface area contributed by atoms with Crippen molar-refractivity contribution in [3.63, 3.8) is 0 Å². The summed E-state index contributed by atoms with van der Waals surface area (Å²) in [6.45, 7) is 7.19. The molecule has 3 rings (SSSR count). The van der Waals surface area contributed by atoms with Crippen molar-refractivity contribution in [2.24, 2.45) is 0 Å². The van der Waals surface area contributed by atoms with Crippen molar-refractivity contribution in [2.75, 3.05) is 39.3 Å². The van der Waals surface area contributed by atoms with Crippen molar-refractivity contribution < 1.29 is 9.90 Å². The summed E-state index contributed by atoms with van der Waals surface area (Å²) in [6, 6.07) is 17.3. The number of piperazine rings is 1. The largest absolute Gasteiger partial charge is 0.507 e. The second-order valence-electron chi connectivity index (χ2n) is 7.08. The molecule has 1 amide bonds. The number of amides is 1. The van der Waals surface area contributed by atoms with Gasteiger partial charge in [-0.1, -0.05) is 42.5 Å². The minimum absolute atomic E-state index is 0.0309. The van der Waals surface area contributed by atoms with Crippen molar-refractivity contribution >= 4 is 5.91 Å². The molecule has 2 aromatic carbocycles. The zero-order chi connectivity index (χ0) is 18.9. The lowest BCUT2D eigenvalue weighted by atomic mass is 10.2. The number of hydrogen-bond donors (Lipinski definition) is 2. The predicted octanol–water partition coefficient (Wildman–Crippen LogP) is 2.72. The van der Waals surface area contributed by atoms with Gasteiger partial charge in [0.25, 0.3) is 5.91 Å². The number of unbranched alkanes of at least 4 members (excludes halogenated alkanes) is 1. The maximum Gasteiger partial charge on any atom is 0.255 e. The van der Waals surface area contributed by atoms with Crippen LogP contribution >= 0.6 is 0 Å². The Morgan fingerprint density at radius 3 is 2.30 bits per heavy atom. The summed E-state index contributed by atoms with van der Waals surface area (Å²) >= 11 is 0. The van der Waals surface area contributed by atoms with Crippen LogP contribution in [0.3, 0.4) is 0 Å². The van der Waals surface area contributed by atoms with Crippen LogP contribution in [0, 0.1) is 0 Å². The molecule has 144 valence electrons. The van der Waals surface area contributed by atoms with Crippen LogP contribution in [-0.4, -0.2) is 60.1 Å². The summed E-state index contributed by atoms with van der Waals surface area (Å²) < 4.78 is 0. The fraction of sp³-hybridized carbons (Fsp3) is 0.409. The highest BCUT2D eigenvalue weighted by molar-refractivity contribution is 5.96. The highest BCUT2D eigenvalue weighted by Gasteiger charge is 2.16. The quantitative estimate of drug-likeness (QED) is 0.705. The summed E-state index contributed by atoms with van der Waals surface area (Å²) in [5.41, 5.74) is 1.72. The second kappa shape index (κ2) is 10.1. The average Bonchev–Trinajstić information content (AvgIpc) is 2.70. The van der Waals surface area contributed by atoms with E-state index in [1.807, 2.05) is 0 Å². The number of carbonyl (C=O) groups is 1. The Balaban J connectivity index is 1.27. The van der Waals surface area contributed by atoms with E-state index in [4.69, 9.17) is 0 Å². The van der Waals surface area contributed by atoms with E-state index in [2.05, 4.69) is 45.4 Å². The number of carbonyl (C=O) groups excluding carboxylic acids is 1. The number of hydrogen-bond acceptors (Lipinski definition) is 4. The van der Waals surface area contributed by atoms with Crippen LogP contribution in [-0.2, 0) is 6.54 Å². The lowest BCUT2D eigenvalue weighted by Gasteiger charge is -2.34. The molecule has 1 saturated heterocycles. The Labute approximate surface area is 161 Å². The molecular weight excluding hydrogens is 338 g/mol. The Bertz CT molecular complexity index is 713. The second-order valence-corrected chi connectivity index (χ2v) is 7.08. The molecule has 0 bridgehead atoms. The monoisotopic (exact) mass is 367 g/mol. The van der Waals surface area contributed by atoms with Gasteiger partial charge in [0.2, 0.25) is 0 Å². The summed E-state index contributed by atoms with van der Waals surface area (Å²) in [5, 5.41) is 12.6. The van der Waals surface area contributed by atoms with E-state index in [1.54, 1.807) is 18.2 Å². The molecule has 0 aromatic heterocycles. The van der Waals surface area contributed by atoms with Crippen LogP contribution < -0.4 is 5.32 Å². The first-order chi connectivity index (χ1) is 13.2. The van der Waals surface area contributed by atoms with Gasteiger partial charge in [-0.2, -0.15) is 0 Å². The lowest BCUT2D eigenvalue weighted by molar-refractivity contribution is 0.0948. The van der Waals surface area contributed by atoms with Gasteiger partial charge in [-0.15, -0.1) is 0 Å². The zero-order valence-corrected chi connectivity index (χ0v) is 15.8. The molecule has 27 heavy (non-hydrogen) atoms. The molecule has 1 aliphatic rings. The molecule has 0 spiro atoms. The number of para-hydroxylation sites is 1. The van der Waals surface area contributed by atoms with Gasteiger partial charge in [0.1, 0.15) is 5.75 Å². The first-order valence-corrected chi connectivity index (χ1v) is 9.77. The molecule has 5 heteroatoms. The molecule has 0 radical (unpaired) electrons. The number of phenolic OH excluding ortho intramolecular Hbond substituents is 1. The third-order valence-electron chi connectivity index (χ3n) is 5.05. The molecule has 1 fully saturated rings. The van der Waals surface area contributed by atoms with Crippen LogP contribution in [0.25, 0.3) is 0 Å². The van der Waals surface area contributed by atoms with E-state index in [9.17, 15) is 9.90 Å². The normalized spacial score (nSPS) is 15.6. The maximum absolute atomic E-state index is 12.0. The number of phenols is 1. The van der Waals surface area contributed by atoms with Gasteiger partial charge in [-0.3, -0.25) is 9.69 Å². The molecule has 1 heterocycles. The smallest absolute Gasteiger partial charge is 0.255 e. The molecule has 0 saturated carbocycles. The first kappa shape index (κ1) is 19.4. The standard InChI is InChI=1S/C22H29N3O2/c26-21-11-5-4-10-20(21)22(27)23-12-6-7-13-24-14-16-25(17-15-24)18-19-8-2-1-3-9-19/h1-5,8-11,26H,6-7,12-18H2,(H,23,27). The number of benzene rings is 2.